The molecule has 3 nitrogen and oxygen atoms in total. The molecule has 0 amide bonds. The Morgan fingerprint density at radius 3 is 2.33 bits per heavy atom. The van der Waals surface area contributed by atoms with Gasteiger partial charge in [-0.2, -0.15) is 0 Å². The Morgan fingerprint density at radius 2 is 1.93 bits per heavy atom. The number of nitrogens with two attached hydrogens (primary N) is 1. The van der Waals surface area contributed by atoms with Gasteiger partial charge >= 0.3 is 5.97 Å². The summed E-state index contributed by atoms with van der Waals surface area (Å²) in [7, 11) is 0. The molecule has 1 rings (SSSR count). The Hall–Kier alpha value is -1.49. The lowest BCUT2D eigenvalue weighted by Gasteiger charge is -2.05. The second-order valence-electron chi connectivity index (χ2n) is 2.84. The minimum Gasteiger partial charge on any atom is -0.462 e. The average Bonchev–Trinajstić information content (AvgIpc) is 2.17. The van der Waals surface area contributed by atoms with Crippen LogP contribution in [0.2, 0.25) is 0 Å². The van der Waals surface area contributed by atoms with E-state index < -0.39 is 17.6 Å². The number of benzene rings is 1. The van der Waals surface area contributed by atoms with Gasteiger partial charge in [-0.1, -0.05) is 0 Å². The van der Waals surface area contributed by atoms with Crippen molar-refractivity contribution in [3.05, 3.63) is 34.9 Å². The Balaban J connectivity index is 3.08. The molecule has 0 aromatic heterocycles. The summed E-state index contributed by atoms with van der Waals surface area (Å²) < 4.78 is 31.0. The summed E-state index contributed by atoms with van der Waals surface area (Å²) >= 11 is 0. The smallest absolute Gasteiger partial charge is 0.338 e. The number of halogens is 2. The van der Waals surface area contributed by atoms with Crippen LogP contribution in [0.3, 0.4) is 0 Å². The number of carbonyl (C=O) groups is 1. The topological polar surface area (TPSA) is 52.3 Å². The maximum absolute atomic E-state index is 13.2. The van der Waals surface area contributed by atoms with E-state index in [4.69, 9.17) is 5.73 Å². The molecular weight excluding hydrogens is 204 g/mol. The van der Waals surface area contributed by atoms with Crippen molar-refractivity contribution in [2.24, 2.45) is 5.73 Å². The lowest BCUT2D eigenvalue weighted by atomic mass is 10.1. The zero-order valence-electron chi connectivity index (χ0n) is 8.22. The first-order chi connectivity index (χ1) is 7.10. The molecule has 1 aromatic carbocycles. The van der Waals surface area contributed by atoms with Gasteiger partial charge in [-0.15, -0.1) is 0 Å². The highest BCUT2D eigenvalue weighted by atomic mass is 19.1. The van der Waals surface area contributed by atoms with Gasteiger partial charge in [0.15, 0.2) is 0 Å². The summed E-state index contributed by atoms with van der Waals surface area (Å²) in [5.41, 5.74) is 4.76. The normalized spacial score (nSPS) is 10.1. The summed E-state index contributed by atoms with van der Waals surface area (Å²) in [5, 5.41) is 0. The van der Waals surface area contributed by atoms with E-state index in [0.717, 1.165) is 12.1 Å². The standard InChI is InChI=1S/C10H11F2NO2/c1-2-15-10(14)6-3-8(11)7(5-13)9(12)4-6/h3-4H,2,5,13H2,1H3. The summed E-state index contributed by atoms with van der Waals surface area (Å²) in [6.45, 7) is 1.51. The number of esters is 1. The molecular formula is C10H11F2NO2. The predicted octanol–water partition coefficient (Wildman–Crippen LogP) is 1.60. The predicted molar refractivity (Wildman–Crippen MR) is 50.2 cm³/mol. The van der Waals surface area contributed by atoms with E-state index in [1.165, 1.54) is 0 Å². The van der Waals surface area contributed by atoms with E-state index in [2.05, 4.69) is 4.74 Å². The fourth-order valence-electron chi connectivity index (χ4n) is 1.13. The zero-order chi connectivity index (χ0) is 11.4. The van der Waals surface area contributed by atoms with Crippen LogP contribution in [0.4, 0.5) is 8.78 Å². The molecule has 0 aliphatic heterocycles. The Kier molecular flexibility index (Phi) is 3.74. The van der Waals surface area contributed by atoms with E-state index in [0.29, 0.717) is 0 Å². The minimum atomic E-state index is -0.833. The van der Waals surface area contributed by atoms with Crippen LogP contribution in [0.25, 0.3) is 0 Å². The van der Waals surface area contributed by atoms with Crippen molar-refractivity contribution in [3.8, 4) is 0 Å². The molecule has 0 aliphatic rings. The molecule has 5 heteroatoms. The summed E-state index contributed by atoms with van der Waals surface area (Å²) in [6, 6.07) is 1.84. The van der Waals surface area contributed by atoms with Gasteiger partial charge in [0.25, 0.3) is 0 Å². The fourth-order valence-corrected chi connectivity index (χ4v) is 1.13. The van der Waals surface area contributed by atoms with E-state index in [9.17, 15) is 13.6 Å². The van der Waals surface area contributed by atoms with Crippen molar-refractivity contribution >= 4 is 5.97 Å². The molecule has 15 heavy (non-hydrogen) atoms. The summed E-state index contributed by atoms with van der Waals surface area (Å²) in [4.78, 5) is 11.2. The molecule has 82 valence electrons. The van der Waals surface area contributed by atoms with Crippen LogP contribution >= 0.6 is 0 Å². The van der Waals surface area contributed by atoms with Crippen molar-refractivity contribution in [3.63, 3.8) is 0 Å². The number of hydrogen-bond acceptors (Lipinski definition) is 3. The van der Waals surface area contributed by atoms with E-state index >= 15 is 0 Å². The van der Waals surface area contributed by atoms with Crippen LogP contribution in [0, 0.1) is 11.6 Å². The molecule has 0 saturated carbocycles. The number of hydrogen-bond donors (Lipinski definition) is 1. The number of ether oxygens (including phenoxy) is 1. The summed E-state index contributed by atoms with van der Waals surface area (Å²) in [6.07, 6.45) is 0. The van der Waals surface area contributed by atoms with E-state index in [1.807, 2.05) is 0 Å². The van der Waals surface area contributed by atoms with Gasteiger partial charge in [0.1, 0.15) is 11.6 Å². The Bertz CT molecular complexity index is 357. The van der Waals surface area contributed by atoms with Crippen molar-refractivity contribution < 1.29 is 18.3 Å². The van der Waals surface area contributed by atoms with Crippen LogP contribution in [-0.4, -0.2) is 12.6 Å². The maximum atomic E-state index is 13.2. The lowest BCUT2D eigenvalue weighted by Crippen LogP contribution is -2.09. The molecule has 0 bridgehead atoms. The van der Waals surface area contributed by atoms with Crippen LogP contribution in [0.1, 0.15) is 22.8 Å². The minimum absolute atomic E-state index is 0.149. The summed E-state index contributed by atoms with van der Waals surface area (Å²) in [5.74, 6) is -2.42. The van der Waals surface area contributed by atoms with Crippen molar-refractivity contribution in [2.45, 2.75) is 13.5 Å². The monoisotopic (exact) mass is 215 g/mol. The van der Waals surface area contributed by atoms with Gasteiger partial charge in [0.05, 0.1) is 12.2 Å². The third-order valence-corrected chi connectivity index (χ3v) is 1.86. The maximum Gasteiger partial charge on any atom is 0.338 e. The highest BCUT2D eigenvalue weighted by molar-refractivity contribution is 5.89. The molecule has 0 atom stereocenters. The Morgan fingerprint density at radius 1 is 1.40 bits per heavy atom. The van der Waals surface area contributed by atoms with Gasteiger partial charge in [0, 0.05) is 12.1 Å². The average molecular weight is 215 g/mol. The molecule has 0 spiro atoms. The van der Waals surface area contributed by atoms with Crippen LogP contribution in [0.5, 0.6) is 0 Å². The lowest BCUT2D eigenvalue weighted by molar-refractivity contribution is 0.0525. The number of carbonyl (C=O) groups excluding carboxylic acids is 1. The van der Waals surface area contributed by atoms with Gasteiger partial charge in [0.2, 0.25) is 0 Å². The fraction of sp³-hybridized carbons (Fsp3) is 0.300. The third-order valence-electron chi connectivity index (χ3n) is 1.86. The van der Waals surface area contributed by atoms with Gasteiger partial charge in [-0.3, -0.25) is 0 Å². The van der Waals surface area contributed by atoms with Crippen LogP contribution in [0.15, 0.2) is 12.1 Å². The Labute approximate surface area is 85.8 Å². The highest BCUT2D eigenvalue weighted by Gasteiger charge is 2.14. The third kappa shape index (κ3) is 2.50. The SMILES string of the molecule is CCOC(=O)c1cc(F)c(CN)c(F)c1. The molecule has 2 N–H and O–H groups in total. The van der Waals surface area contributed by atoms with Crippen LogP contribution < -0.4 is 5.73 Å². The molecule has 0 heterocycles. The van der Waals surface area contributed by atoms with Crippen LogP contribution in [-0.2, 0) is 11.3 Å². The quantitative estimate of drug-likeness (QED) is 0.779. The zero-order valence-corrected chi connectivity index (χ0v) is 8.22. The van der Waals surface area contributed by atoms with E-state index in [-0.39, 0.29) is 24.3 Å². The van der Waals surface area contributed by atoms with Gasteiger partial charge < -0.3 is 10.5 Å². The second kappa shape index (κ2) is 4.84. The first-order valence-electron chi connectivity index (χ1n) is 4.45. The second-order valence-corrected chi connectivity index (χ2v) is 2.84. The molecule has 0 fully saturated rings. The first-order valence-corrected chi connectivity index (χ1v) is 4.45. The first kappa shape index (κ1) is 11.6. The van der Waals surface area contributed by atoms with Gasteiger partial charge in [-0.05, 0) is 19.1 Å². The van der Waals surface area contributed by atoms with Gasteiger partial charge in [-0.25, -0.2) is 13.6 Å². The van der Waals surface area contributed by atoms with E-state index in [1.54, 1.807) is 6.92 Å². The molecule has 0 unspecified atom stereocenters. The van der Waals surface area contributed by atoms with Crippen molar-refractivity contribution in [1.29, 1.82) is 0 Å². The molecule has 0 aliphatic carbocycles. The molecule has 1 aromatic rings. The van der Waals surface area contributed by atoms with Crippen molar-refractivity contribution in [1.82, 2.24) is 0 Å². The molecule has 0 radical (unpaired) electrons. The number of rotatable bonds is 3. The largest absolute Gasteiger partial charge is 0.462 e. The van der Waals surface area contributed by atoms with Crippen molar-refractivity contribution in [2.75, 3.05) is 6.61 Å². The highest BCUT2D eigenvalue weighted by Crippen LogP contribution is 2.15. The molecule has 0 saturated heterocycles.